The first-order valence-electron chi connectivity index (χ1n) is 6.23. The molecule has 0 atom stereocenters. The van der Waals surface area contributed by atoms with Crippen molar-refractivity contribution in [2.75, 3.05) is 5.32 Å². The second-order valence-corrected chi connectivity index (χ2v) is 6.39. The van der Waals surface area contributed by atoms with Crippen LogP contribution in [0.25, 0.3) is 0 Å². The maximum atomic E-state index is 11.6. The van der Waals surface area contributed by atoms with Crippen LogP contribution >= 0.6 is 0 Å². The number of rotatable bonds is 4. The zero-order valence-corrected chi connectivity index (χ0v) is 11.9. The molecule has 2 rings (SSSR count). The molecule has 7 heteroatoms. The predicted molar refractivity (Wildman–Crippen MR) is 76.5 cm³/mol. The van der Waals surface area contributed by atoms with Gasteiger partial charge in [0.05, 0.1) is 4.90 Å². The molecule has 108 valence electrons. The summed E-state index contributed by atoms with van der Waals surface area (Å²) in [4.78, 5) is 11.6. The smallest absolute Gasteiger partial charge is 0.314 e. The SMILES string of the molecule is C/C(=C\NC(=O)Nc1ccc(S(N)(=O)=O)cc1)C1CC1. The molecular formula is C13H17N3O3S. The lowest BCUT2D eigenvalue weighted by atomic mass is 10.2. The molecule has 0 heterocycles. The van der Waals surface area contributed by atoms with E-state index < -0.39 is 10.0 Å². The number of sulfonamides is 1. The van der Waals surface area contributed by atoms with E-state index in [1.807, 2.05) is 6.92 Å². The molecule has 0 bridgehead atoms. The van der Waals surface area contributed by atoms with Gasteiger partial charge < -0.3 is 10.6 Å². The van der Waals surface area contributed by atoms with E-state index in [0.29, 0.717) is 11.6 Å². The minimum Gasteiger partial charge on any atom is -0.314 e. The summed E-state index contributed by atoms with van der Waals surface area (Å²) in [6.07, 6.45) is 4.06. The van der Waals surface area contributed by atoms with E-state index in [2.05, 4.69) is 10.6 Å². The molecule has 0 saturated heterocycles. The number of carbonyl (C=O) groups is 1. The standard InChI is InChI=1S/C13H17N3O3S/c1-9(10-2-3-10)8-15-13(17)16-11-4-6-12(7-5-11)20(14,18)19/h4-8,10H,2-3H2,1H3,(H2,14,18,19)(H2,15,16,17)/b9-8+. The Morgan fingerprint density at radius 1 is 1.30 bits per heavy atom. The van der Waals surface area contributed by atoms with Crippen LogP contribution < -0.4 is 15.8 Å². The molecule has 4 N–H and O–H groups in total. The topological polar surface area (TPSA) is 101 Å². The summed E-state index contributed by atoms with van der Waals surface area (Å²) < 4.78 is 22.2. The third kappa shape index (κ3) is 4.07. The van der Waals surface area contributed by atoms with E-state index >= 15 is 0 Å². The Balaban J connectivity index is 1.92. The average Bonchev–Trinajstić information content (AvgIpc) is 3.20. The number of nitrogens with two attached hydrogens (primary N) is 1. The second-order valence-electron chi connectivity index (χ2n) is 4.83. The Morgan fingerprint density at radius 2 is 1.90 bits per heavy atom. The van der Waals surface area contributed by atoms with Crippen LogP contribution in [0.1, 0.15) is 19.8 Å². The van der Waals surface area contributed by atoms with E-state index in [0.717, 1.165) is 5.57 Å². The molecular weight excluding hydrogens is 278 g/mol. The van der Waals surface area contributed by atoms with Crippen molar-refractivity contribution in [3.63, 3.8) is 0 Å². The number of hydrogen-bond acceptors (Lipinski definition) is 3. The number of carbonyl (C=O) groups excluding carboxylic acids is 1. The van der Waals surface area contributed by atoms with Gasteiger partial charge in [-0.1, -0.05) is 5.57 Å². The normalized spacial score (nSPS) is 15.8. The molecule has 1 fully saturated rings. The summed E-state index contributed by atoms with van der Waals surface area (Å²) in [7, 11) is -3.71. The summed E-state index contributed by atoms with van der Waals surface area (Å²) >= 11 is 0. The fourth-order valence-electron chi connectivity index (χ4n) is 1.73. The van der Waals surface area contributed by atoms with Gasteiger partial charge in [-0.2, -0.15) is 0 Å². The number of anilines is 1. The first-order valence-corrected chi connectivity index (χ1v) is 7.78. The third-order valence-electron chi connectivity index (χ3n) is 3.09. The van der Waals surface area contributed by atoms with Gasteiger partial charge in [0.25, 0.3) is 0 Å². The molecule has 1 aliphatic carbocycles. The van der Waals surface area contributed by atoms with Gasteiger partial charge in [-0.15, -0.1) is 0 Å². The van der Waals surface area contributed by atoms with Crippen LogP contribution in [0.2, 0.25) is 0 Å². The highest BCUT2D eigenvalue weighted by atomic mass is 32.2. The van der Waals surface area contributed by atoms with E-state index in [4.69, 9.17) is 5.14 Å². The molecule has 20 heavy (non-hydrogen) atoms. The van der Waals surface area contributed by atoms with E-state index in [9.17, 15) is 13.2 Å². The van der Waals surface area contributed by atoms with Crippen LogP contribution in [0, 0.1) is 5.92 Å². The maximum absolute atomic E-state index is 11.6. The zero-order chi connectivity index (χ0) is 14.8. The van der Waals surface area contributed by atoms with Crippen LogP contribution in [0.15, 0.2) is 40.9 Å². The molecule has 1 aromatic rings. The van der Waals surface area contributed by atoms with Crippen molar-refractivity contribution < 1.29 is 13.2 Å². The van der Waals surface area contributed by atoms with Crippen molar-refractivity contribution in [1.82, 2.24) is 5.32 Å². The molecule has 0 spiro atoms. The minimum atomic E-state index is -3.71. The Kier molecular flexibility index (Phi) is 4.10. The third-order valence-corrected chi connectivity index (χ3v) is 4.02. The highest BCUT2D eigenvalue weighted by Crippen LogP contribution is 2.35. The number of allylic oxidation sites excluding steroid dienone is 1. The lowest BCUT2D eigenvalue weighted by Crippen LogP contribution is -2.24. The summed E-state index contributed by atoms with van der Waals surface area (Å²) in [6.45, 7) is 1.98. The molecule has 1 saturated carbocycles. The first kappa shape index (κ1) is 14.5. The Labute approximate surface area is 118 Å². The summed E-state index contributed by atoms with van der Waals surface area (Å²) in [5.74, 6) is 0.601. The maximum Gasteiger partial charge on any atom is 0.323 e. The average molecular weight is 295 g/mol. The van der Waals surface area contributed by atoms with Gasteiger partial charge in [0.1, 0.15) is 0 Å². The van der Waals surface area contributed by atoms with Gasteiger partial charge in [0, 0.05) is 11.9 Å². The predicted octanol–water partition coefficient (Wildman–Crippen LogP) is 1.77. The first-order chi connectivity index (χ1) is 9.36. The molecule has 2 amide bonds. The van der Waals surface area contributed by atoms with Gasteiger partial charge in [-0.3, -0.25) is 0 Å². The second kappa shape index (κ2) is 5.64. The zero-order valence-electron chi connectivity index (χ0n) is 11.1. The molecule has 6 nitrogen and oxygen atoms in total. The molecule has 1 aliphatic rings. The van der Waals surface area contributed by atoms with E-state index in [-0.39, 0.29) is 10.9 Å². The number of nitrogens with one attached hydrogen (secondary N) is 2. The van der Waals surface area contributed by atoms with Crippen LogP contribution in [0.4, 0.5) is 10.5 Å². The number of hydrogen-bond donors (Lipinski definition) is 3. The van der Waals surface area contributed by atoms with Crippen LogP contribution in [0.3, 0.4) is 0 Å². The highest BCUT2D eigenvalue weighted by molar-refractivity contribution is 7.89. The quantitative estimate of drug-likeness (QED) is 0.789. The van der Waals surface area contributed by atoms with Gasteiger partial charge in [0.2, 0.25) is 10.0 Å². The lowest BCUT2D eigenvalue weighted by Gasteiger charge is -2.06. The largest absolute Gasteiger partial charge is 0.323 e. The van der Waals surface area contributed by atoms with Gasteiger partial charge >= 0.3 is 6.03 Å². The van der Waals surface area contributed by atoms with Crippen molar-refractivity contribution in [3.8, 4) is 0 Å². The fraction of sp³-hybridized carbons (Fsp3) is 0.308. The summed E-state index contributed by atoms with van der Waals surface area (Å²) in [6, 6.07) is 5.29. The van der Waals surface area contributed by atoms with Crippen molar-refractivity contribution in [3.05, 3.63) is 36.0 Å². The van der Waals surface area contributed by atoms with Gasteiger partial charge in [-0.25, -0.2) is 18.4 Å². The molecule has 0 radical (unpaired) electrons. The minimum absolute atomic E-state index is 0.00734. The lowest BCUT2D eigenvalue weighted by molar-refractivity contribution is 0.255. The fourth-order valence-corrected chi connectivity index (χ4v) is 2.25. The van der Waals surface area contributed by atoms with Crippen molar-refractivity contribution in [2.45, 2.75) is 24.7 Å². The summed E-state index contributed by atoms with van der Waals surface area (Å²) in [5.41, 5.74) is 1.65. The Hall–Kier alpha value is -1.86. The van der Waals surface area contributed by atoms with Crippen molar-refractivity contribution >= 4 is 21.7 Å². The van der Waals surface area contributed by atoms with Crippen LogP contribution in [-0.4, -0.2) is 14.4 Å². The molecule has 1 aromatic carbocycles. The number of urea groups is 1. The highest BCUT2D eigenvalue weighted by Gasteiger charge is 2.22. The monoisotopic (exact) mass is 295 g/mol. The number of amides is 2. The van der Waals surface area contributed by atoms with Gasteiger partial charge in [0.15, 0.2) is 0 Å². The number of benzene rings is 1. The Bertz CT molecular complexity index is 631. The molecule has 0 aromatic heterocycles. The van der Waals surface area contributed by atoms with Gasteiger partial charge in [-0.05, 0) is 49.9 Å². The Morgan fingerprint density at radius 3 is 2.40 bits per heavy atom. The molecule has 0 aliphatic heterocycles. The van der Waals surface area contributed by atoms with Crippen LogP contribution in [0.5, 0.6) is 0 Å². The van der Waals surface area contributed by atoms with E-state index in [1.165, 1.54) is 37.1 Å². The van der Waals surface area contributed by atoms with Crippen molar-refractivity contribution in [2.24, 2.45) is 11.1 Å². The molecule has 0 unspecified atom stereocenters. The number of primary sulfonamides is 1. The van der Waals surface area contributed by atoms with Crippen LogP contribution in [-0.2, 0) is 10.0 Å². The van der Waals surface area contributed by atoms with Crippen molar-refractivity contribution in [1.29, 1.82) is 0 Å². The summed E-state index contributed by atoms with van der Waals surface area (Å²) in [5, 5.41) is 10.2. The van der Waals surface area contributed by atoms with E-state index in [1.54, 1.807) is 6.20 Å².